The van der Waals surface area contributed by atoms with Crippen LogP contribution in [0.5, 0.6) is 0 Å². The second kappa shape index (κ2) is 5.78. The van der Waals surface area contributed by atoms with Crippen molar-refractivity contribution in [3.63, 3.8) is 0 Å². The number of nitrogens with zero attached hydrogens (tertiary/aromatic N) is 1. The van der Waals surface area contributed by atoms with Gasteiger partial charge in [-0.3, -0.25) is 4.98 Å². The molecule has 2 unspecified atom stereocenters. The van der Waals surface area contributed by atoms with Crippen LogP contribution in [-0.4, -0.2) is 23.2 Å². The van der Waals surface area contributed by atoms with E-state index >= 15 is 0 Å². The summed E-state index contributed by atoms with van der Waals surface area (Å²) in [6, 6.07) is 3.01. The lowest BCUT2D eigenvalue weighted by atomic mass is 9.99. The standard InChI is InChI=1S/C11H17FN2O/c1-3-13-11(8(2)7-15)10-5-4-9(12)6-14-10/h4-6,8,11,13,15H,3,7H2,1-2H3. The van der Waals surface area contributed by atoms with Gasteiger partial charge in [0, 0.05) is 12.5 Å². The molecule has 0 spiro atoms. The minimum absolute atomic E-state index is 0.0272. The zero-order valence-corrected chi connectivity index (χ0v) is 9.07. The van der Waals surface area contributed by atoms with Crippen molar-refractivity contribution in [3.8, 4) is 0 Å². The van der Waals surface area contributed by atoms with E-state index in [4.69, 9.17) is 5.11 Å². The van der Waals surface area contributed by atoms with Crippen molar-refractivity contribution in [2.75, 3.05) is 13.2 Å². The second-order valence-corrected chi connectivity index (χ2v) is 3.60. The highest BCUT2D eigenvalue weighted by Gasteiger charge is 2.18. The Morgan fingerprint density at radius 2 is 2.27 bits per heavy atom. The van der Waals surface area contributed by atoms with E-state index in [0.29, 0.717) is 0 Å². The van der Waals surface area contributed by atoms with E-state index in [0.717, 1.165) is 12.2 Å². The molecule has 1 aromatic rings. The van der Waals surface area contributed by atoms with Gasteiger partial charge in [-0.1, -0.05) is 13.8 Å². The SMILES string of the molecule is CCNC(c1ccc(F)cn1)C(C)CO. The fourth-order valence-corrected chi connectivity index (χ4v) is 1.49. The molecule has 0 aliphatic heterocycles. The molecule has 4 heteroatoms. The molecule has 2 atom stereocenters. The maximum atomic E-state index is 12.7. The Labute approximate surface area is 89.4 Å². The van der Waals surface area contributed by atoms with Gasteiger partial charge in [0.15, 0.2) is 0 Å². The van der Waals surface area contributed by atoms with E-state index in [2.05, 4.69) is 10.3 Å². The van der Waals surface area contributed by atoms with Gasteiger partial charge in [0.2, 0.25) is 0 Å². The average Bonchev–Trinajstić information content (AvgIpc) is 2.26. The predicted octanol–water partition coefficient (Wildman–Crippen LogP) is 1.50. The van der Waals surface area contributed by atoms with Crippen LogP contribution in [0.25, 0.3) is 0 Å². The lowest BCUT2D eigenvalue weighted by Crippen LogP contribution is -2.29. The van der Waals surface area contributed by atoms with Crippen molar-refractivity contribution in [2.45, 2.75) is 19.9 Å². The molecule has 1 heterocycles. The highest BCUT2D eigenvalue weighted by atomic mass is 19.1. The van der Waals surface area contributed by atoms with Crippen molar-refractivity contribution in [1.82, 2.24) is 10.3 Å². The predicted molar refractivity (Wildman–Crippen MR) is 56.9 cm³/mol. The number of hydrogen-bond acceptors (Lipinski definition) is 3. The molecule has 0 amide bonds. The topological polar surface area (TPSA) is 45.2 Å². The molecule has 84 valence electrons. The van der Waals surface area contributed by atoms with Crippen LogP contribution in [0.15, 0.2) is 18.3 Å². The van der Waals surface area contributed by atoms with Crippen LogP contribution in [0, 0.1) is 11.7 Å². The summed E-state index contributed by atoms with van der Waals surface area (Å²) in [6.45, 7) is 4.78. The number of aliphatic hydroxyl groups excluding tert-OH is 1. The number of pyridine rings is 1. The molecule has 1 rings (SSSR count). The largest absolute Gasteiger partial charge is 0.396 e. The molecular weight excluding hydrogens is 195 g/mol. The van der Waals surface area contributed by atoms with Gasteiger partial charge in [0.05, 0.1) is 17.9 Å². The van der Waals surface area contributed by atoms with Crippen LogP contribution in [0.3, 0.4) is 0 Å². The number of aromatic nitrogens is 1. The maximum Gasteiger partial charge on any atom is 0.141 e. The van der Waals surface area contributed by atoms with Crippen LogP contribution < -0.4 is 5.32 Å². The zero-order valence-electron chi connectivity index (χ0n) is 9.07. The zero-order chi connectivity index (χ0) is 11.3. The minimum Gasteiger partial charge on any atom is -0.396 e. The Morgan fingerprint density at radius 1 is 1.53 bits per heavy atom. The molecule has 0 aromatic carbocycles. The summed E-state index contributed by atoms with van der Waals surface area (Å²) < 4.78 is 12.7. The van der Waals surface area contributed by atoms with Crippen LogP contribution in [0.1, 0.15) is 25.6 Å². The number of nitrogens with one attached hydrogen (secondary N) is 1. The molecule has 0 aliphatic rings. The summed E-state index contributed by atoms with van der Waals surface area (Å²) in [4.78, 5) is 4.02. The van der Waals surface area contributed by atoms with Gasteiger partial charge < -0.3 is 10.4 Å². The Balaban J connectivity index is 2.83. The third kappa shape index (κ3) is 3.25. The molecule has 2 N–H and O–H groups in total. The highest BCUT2D eigenvalue weighted by molar-refractivity contribution is 5.10. The minimum atomic E-state index is -0.342. The summed E-state index contributed by atoms with van der Waals surface area (Å²) in [7, 11) is 0. The first-order valence-electron chi connectivity index (χ1n) is 5.14. The average molecular weight is 212 g/mol. The molecule has 3 nitrogen and oxygen atoms in total. The molecular formula is C11H17FN2O. The van der Waals surface area contributed by atoms with Crippen molar-refractivity contribution in [1.29, 1.82) is 0 Å². The number of halogens is 1. The Hall–Kier alpha value is -1.00. The summed E-state index contributed by atoms with van der Waals surface area (Å²) in [5.41, 5.74) is 0.764. The Kier molecular flexibility index (Phi) is 4.65. The number of hydrogen-bond donors (Lipinski definition) is 2. The third-order valence-corrected chi connectivity index (χ3v) is 2.35. The molecule has 0 fully saturated rings. The Morgan fingerprint density at radius 3 is 2.73 bits per heavy atom. The smallest absolute Gasteiger partial charge is 0.141 e. The fourth-order valence-electron chi connectivity index (χ4n) is 1.49. The lowest BCUT2D eigenvalue weighted by molar-refractivity contribution is 0.201. The van der Waals surface area contributed by atoms with Crippen molar-refractivity contribution in [2.24, 2.45) is 5.92 Å². The van der Waals surface area contributed by atoms with E-state index in [1.807, 2.05) is 13.8 Å². The summed E-state index contributed by atoms with van der Waals surface area (Å²) in [6.07, 6.45) is 1.20. The van der Waals surface area contributed by atoms with E-state index in [9.17, 15) is 4.39 Å². The van der Waals surface area contributed by atoms with E-state index in [1.165, 1.54) is 12.3 Å². The maximum absolute atomic E-state index is 12.7. The van der Waals surface area contributed by atoms with Crippen LogP contribution in [-0.2, 0) is 0 Å². The van der Waals surface area contributed by atoms with Gasteiger partial charge in [0.25, 0.3) is 0 Å². The molecule has 15 heavy (non-hydrogen) atoms. The van der Waals surface area contributed by atoms with Gasteiger partial charge in [-0.15, -0.1) is 0 Å². The lowest BCUT2D eigenvalue weighted by Gasteiger charge is -2.22. The van der Waals surface area contributed by atoms with Crippen LogP contribution >= 0.6 is 0 Å². The number of rotatable bonds is 5. The Bertz CT molecular complexity index is 289. The van der Waals surface area contributed by atoms with Gasteiger partial charge in [0.1, 0.15) is 5.82 Å². The monoisotopic (exact) mass is 212 g/mol. The van der Waals surface area contributed by atoms with Crippen molar-refractivity contribution < 1.29 is 9.50 Å². The normalized spacial score (nSPS) is 14.9. The third-order valence-electron chi connectivity index (χ3n) is 2.35. The highest BCUT2D eigenvalue weighted by Crippen LogP contribution is 2.19. The van der Waals surface area contributed by atoms with Gasteiger partial charge in [-0.2, -0.15) is 0 Å². The van der Waals surface area contributed by atoms with E-state index in [-0.39, 0.29) is 24.4 Å². The summed E-state index contributed by atoms with van der Waals surface area (Å²) >= 11 is 0. The van der Waals surface area contributed by atoms with Gasteiger partial charge >= 0.3 is 0 Å². The molecule has 0 aliphatic carbocycles. The molecule has 1 aromatic heterocycles. The molecule has 0 bridgehead atoms. The van der Waals surface area contributed by atoms with Gasteiger partial charge in [-0.25, -0.2) is 4.39 Å². The summed E-state index contributed by atoms with van der Waals surface area (Å²) in [5.74, 6) is -0.284. The number of aliphatic hydroxyl groups is 1. The summed E-state index contributed by atoms with van der Waals surface area (Å²) in [5, 5.41) is 12.3. The first kappa shape index (κ1) is 12.1. The van der Waals surface area contributed by atoms with Crippen molar-refractivity contribution in [3.05, 3.63) is 29.8 Å². The fraction of sp³-hybridized carbons (Fsp3) is 0.545. The van der Waals surface area contributed by atoms with Crippen LogP contribution in [0.2, 0.25) is 0 Å². The van der Waals surface area contributed by atoms with E-state index in [1.54, 1.807) is 6.07 Å². The first-order chi connectivity index (χ1) is 7.19. The quantitative estimate of drug-likeness (QED) is 0.777. The van der Waals surface area contributed by atoms with E-state index < -0.39 is 0 Å². The van der Waals surface area contributed by atoms with Crippen molar-refractivity contribution >= 4 is 0 Å². The molecule has 0 radical (unpaired) electrons. The van der Waals surface area contributed by atoms with Crippen LogP contribution in [0.4, 0.5) is 4.39 Å². The molecule has 0 saturated heterocycles. The second-order valence-electron chi connectivity index (χ2n) is 3.60. The van der Waals surface area contributed by atoms with Gasteiger partial charge in [-0.05, 0) is 18.7 Å². The molecule has 0 saturated carbocycles. The first-order valence-corrected chi connectivity index (χ1v) is 5.14.